The third-order valence-electron chi connectivity index (χ3n) is 8.07. The van der Waals surface area contributed by atoms with E-state index in [1.54, 1.807) is 0 Å². The Kier molecular flexibility index (Phi) is 4.50. The highest BCUT2D eigenvalue weighted by Gasteiger charge is 2.67. The molecule has 33 heavy (non-hydrogen) atoms. The molecule has 2 amide bonds. The van der Waals surface area contributed by atoms with Gasteiger partial charge in [-0.3, -0.25) is 4.79 Å². The first-order valence-electron chi connectivity index (χ1n) is 11.6. The summed E-state index contributed by atoms with van der Waals surface area (Å²) in [6.45, 7) is 0.767. The molecule has 0 radical (unpaired) electrons. The molecule has 3 fully saturated rings. The Morgan fingerprint density at radius 1 is 1.03 bits per heavy atom. The smallest absolute Gasteiger partial charge is 0.407 e. The van der Waals surface area contributed by atoms with E-state index in [1.807, 2.05) is 24.3 Å². The Morgan fingerprint density at radius 3 is 2.30 bits per heavy atom. The van der Waals surface area contributed by atoms with Crippen LogP contribution in [0.1, 0.15) is 42.7 Å². The van der Waals surface area contributed by atoms with Crippen LogP contribution in [0, 0.1) is 11.3 Å². The fourth-order valence-electron chi connectivity index (χ4n) is 6.25. The predicted octanol–water partition coefficient (Wildman–Crippen LogP) is 3.38. The molecule has 1 heterocycles. The summed E-state index contributed by atoms with van der Waals surface area (Å²) in [5.41, 5.74) is 4.21. The maximum Gasteiger partial charge on any atom is 0.407 e. The minimum absolute atomic E-state index is 0.00687. The number of carboxylic acid groups (broad SMARTS) is 1. The van der Waals surface area contributed by atoms with E-state index in [4.69, 9.17) is 4.74 Å². The molecular formula is C26H26N2O5. The van der Waals surface area contributed by atoms with Crippen LogP contribution in [0.5, 0.6) is 0 Å². The van der Waals surface area contributed by atoms with Crippen LogP contribution in [0.2, 0.25) is 0 Å². The molecule has 4 atom stereocenters. The van der Waals surface area contributed by atoms with Crippen LogP contribution in [-0.2, 0) is 14.3 Å². The van der Waals surface area contributed by atoms with Crippen molar-refractivity contribution in [1.29, 1.82) is 0 Å². The van der Waals surface area contributed by atoms with Gasteiger partial charge in [-0.1, -0.05) is 48.5 Å². The zero-order chi connectivity index (χ0) is 22.7. The van der Waals surface area contributed by atoms with Crippen molar-refractivity contribution in [3.8, 4) is 11.1 Å². The topological polar surface area (TPSA) is 95.9 Å². The molecule has 2 saturated carbocycles. The van der Waals surface area contributed by atoms with Crippen molar-refractivity contribution in [2.24, 2.45) is 11.3 Å². The van der Waals surface area contributed by atoms with Crippen molar-refractivity contribution >= 4 is 18.0 Å². The van der Waals surface area contributed by atoms with Gasteiger partial charge in [0.1, 0.15) is 12.6 Å². The summed E-state index contributed by atoms with van der Waals surface area (Å²) < 4.78 is 5.65. The second-order valence-electron chi connectivity index (χ2n) is 9.81. The van der Waals surface area contributed by atoms with Gasteiger partial charge in [0.15, 0.2) is 0 Å². The number of hydrogen-bond donors (Lipinski definition) is 2. The summed E-state index contributed by atoms with van der Waals surface area (Å²) in [5, 5.41) is 12.2. The standard InChI is InChI=1S/C26H26N2O5/c29-23(30)22-9-10-28(22)24(31)26-12-15(26)11-16(13-26)27-25(32)33-14-21-19-7-3-1-5-17(19)18-6-2-4-8-20(18)21/h1-8,15-16,21-22H,9-14H2,(H,27,32)(H,29,30)/t15-,16+,22?,26+/m1/s1. The van der Waals surface area contributed by atoms with Gasteiger partial charge in [-0.15, -0.1) is 0 Å². The lowest BCUT2D eigenvalue weighted by Crippen LogP contribution is -2.57. The number of carbonyl (C=O) groups excluding carboxylic acids is 2. The van der Waals surface area contributed by atoms with Crippen LogP contribution >= 0.6 is 0 Å². The fourth-order valence-corrected chi connectivity index (χ4v) is 6.25. The molecule has 3 aliphatic carbocycles. The van der Waals surface area contributed by atoms with Gasteiger partial charge in [0, 0.05) is 18.5 Å². The van der Waals surface area contributed by atoms with Gasteiger partial charge < -0.3 is 20.1 Å². The molecule has 0 bridgehead atoms. The van der Waals surface area contributed by atoms with Crippen LogP contribution in [0.4, 0.5) is 4.79 Å². The molecule has 7 nitrogen and oxygen atoms in total. The van der Waals surface area contributed by atoms with E-state index in [1.165, 1.54) is 27.2 Å². The molecule has 2 aromatic rings. The monoisotopic (exact) mass is 446 g/mol. The summed E-state index contributed by atoms with van der Waals surface area (Å²) in [6.07, 6.45) is 2.14. The molecule has 2 N–H and O–H groups in total. The molecule has 4 aliphatic rings. The molecule has 2 aromatic carbocycles. The van der Waals surface area contributed by atoms with Crippen molar-refractivity contribution in [1.82, 2.24) is 10.2 Å². The van der Waals surface area contributed by atoms with E-state index in [2.05, 4.69) is 29.6 Å². The summed E-state index contributed by atoms with van der Waals surface area (Å²) in [6, 6.07) is 15.6. The first-order chi connectivity index (χ1) is 16.0. The van der Waals surface area contributed by atoms with E-state index in [-0.39, 0.29) is 30.4 Å². The zero-order valence-electron chi connectivity index (χ0n) is 18.2. The second kappa shape index (κ2) is 7.33. The van der Waals surface area contributed by atoms with Crippen molar-refractivity contribution in [2.75, 3.05) is 13.2 Å². The number of benzene rings is 2. The van der Waals surface area contributed by atoms with Gasteiger partial charge in [-0.2, -0.15) is 0 Å². The van der Waals surface area contributed by atoms with Crippen molar-refractivity contribution in [3.05, 3.63) is 59.7 Å². The van der Waals surface area contributed by atoms with Crippen LogP contribution in [-0.4, -0.2) is 53.2 Å². The highest BCUT2D eigenvalue weighted by atomic mass is 16.5. The normalized spacial score (nSPS) is 28.8. The third-order valence-corrected chi connectivity index (χ3v) is 8.07. The lowest BCUT2D eigenvalue weighted by atomic mass is 9.94. The lowest BCUT2D eigenvalue weighted by Gasteiger charge is -2.40. The van der Waals surface area contributed by atoms with Crippen molar-refractivity contribution in [2.45, 2.75) is 43.7 Å². The number of nitrogens with zero attached hydrogens (tertiary/aromatic N) is 1. The Morgan fingerprint density at radius 2 is 1.70 bits per heavy atom. The van der Waals surface area contributed by atoms with E-state index in [0.717, 1.165) is 12.8 Å². The quantitative estimate of drug-likeness (QED) is 0.734. The van der Waals surface area contributed by atoms with Gasteiger partial charge in [0.2, 0.25) is 5.91 Å². The number of aliphatic carboxylic acids is 1. The highest BCUT2D eigenvalue weighted by Crippen LogP contribution is 2.64. The van der Waals surface area contributed by atoms with Crippen LogP contribution in [0.15, 0.2) is 48.5 Å². The SMILES string of the molecule is O=C(N[C@H]1C[C@@H]2C[C@]2(C(=O)N2CCC2C(=O)O)C1)OCC1c2ccccc2-c2ccccc21. The fraction of sp³-hybridized carbons (Fsp3) is 0.423. The van der Waals surface area contributed by atoms with Gasteiger partial charge in [-0.05, 0) is 53.9 Å². The Balaban J connectivity index is 1.07. The third kappa shape index (κ3) is 3.13. The average Bonchev–Trinajstić information content (AvgIpc) is 3.19. The summed E-state index contributed by atoms with van der Waals surface area (Å²) >= 11 is 0. The number of carboxylic acids is 1. The van der Waals surface area contributed by atoms with Gasteiger partial charge in [-0.25, -0.2) is 9.59 Å². The average molecular weight is 447 g/mol. The van der Waals surface area contributed by atoms with Crippen LogP contribution < -0.4 is 5.32 Å². The summed E-state index contributed by atoms with van der Waals surface area (Å²) in [4.78, 5) is 38.4. The van der Waals surface area contributed by atoms with Crippen molar-refractivity contribution in [3.63, 3.8) is 0 Å². The van der Waals surface area contributed by atoms with Crippen LogP contribution in [0.3, 0.4) is 0 Å². The Hall–Kier alpha value is -3.35. The minimum Gasteiger partial charge on any atom is -0.480 e. The molecule has 0 aromatic heterocycles. The van der Waals surface area contributed by atoms with Gasteiger partial charge in [0.05, 0.1) is 5.41 Å². The molecule has 1 saturated heterocycles. The summed E-state index contributed by atoms with van der Waals surface area (Å²) in [7, 11) is 0. The van der Waals surface area contributed by atoms with Crippen molar-refractivity contribution < 1.29 is 24.2 Å². The van der Waals surface area contributed by atoms with Crippen LogP contribution in [0.25, 0.3) is 11.1 Å². The molecule has 7 heteroatoms. The van der Waals surface area contributed by atoms with E-state index in [9.17, 15) is 19.5 Å². The second-order valence-corrected chi connectivity index (χ2v) is 9.81. The number of fused-ring (bicyclic) bond motifs is 4. The predicted molar refractivity (Wildman–Crippen MR) is 120 cm³/mol. The largest absolute Gasteiger partial charge is 0.480 e. The van der Waals surface area contributed by atoms with E-state index in [0.29, 0.717) is 19.4 Å². The molecule has 170 valence electrons. The minimum atomic E-state index is -0.936. The van der Waals surface area contributed by atoms with Gasteiger partial charge >= 0.3 is 12.1 Å². The Bertz CT molecular complexity index is 1120. The first kappa shape index (κ1) is 20.3. The van der Waals surface area contributed by atoms with Gasteiger partial charge in [0.25, 0.3) is 0 Å². The first-order valence-corrected chi connectivity index (χ1v) is 11.6. The number of hydrogen-bond acceptors (Lipinski definition) is 4. The molecule has 6 rings (SSSR count). The number of carbonyl (C=O) groups is 3. The number of amides is 2. The number of likely N-dealkylation sites (tertiary alicyclic amines) is 1. The lowest BCUT2D eigenvalue weighted by molar-refractivity contribution is -0.160. The maximum absolute atomic E-state index is 13.0. The zero-order valence-corrected chi connectivity index (χ0v) is 18.2. The Labute approximate surface area is 191 Å². The number of nitrogens with one attached hydrogen (secondary N) is 1. The number of alkyl carbamates (subject to hydrolysis) is 1. The summed E-state index contributed by atoms with van der Waals surface area (Å²) in [5.74, 6) is -0.760. The van der Waals surface area contributed by atoms with E-state index < -0.39 is 23.5 Å². The maximum atomic E-state index is 13.0. The number of ether oxygens (including phenoxy) is 1. The molecular weight excluding hydrogens is 420 g/mol. The molecule has 1 aliphatic heterocycles. The highest BCUT2D eigenvalue weighted by molar-refractivity contribution is 5.91. The molecule has 0 spiro atoms. The number of rotatable bonds is 5. The van der Waals surface area contributed by atoms with E-state index >= 15 is 0 Å². The molecule has 1 unspecified atom stereocenters.